The molecule has 1 saturated heterocycles. The first-order valence-electron chi connectivity index (χ1n) is 9.98. The number of nitrogen functional groups attached to an aromatic ring is 1. The van der Waals surface area contributed by atoms with Gasteiger partial charge in [-0.15, -0.1) is 11.3 Å². The average Bonchev–Trinajstić information content (AvgIpc) is 3.43. The molecular weight excluding hydrogens is 464 g/mol. The number of nitrogens with zero attached hydrogens (tertiary/aromatic N) is 3. The van der Waals surface area contributed by atoms with Crippen LogP contribution >= 0.6 is 11.3 Å². The van der Waals surface area contributed by atoms with E-state index in [0.29, 0.717) is 35.6 Å². The molecule has 2 aromatic heterocycles. The summed E-state index contributed by atoms with van der Waals surface area (Å²) >= 11 is 1.05. The van der Waals surface area contributed by atoms with Crippen molar-refractivity contribution < 1.29 is 17.9 Å². The van der Waals surface area contributed by atoms with E-state index >= 15 is 0 Å². The van der Waals surface area contributed by atoms with E-state index in [4.69, 9.17) is 15.9 Å². The van der Waals surface area contributed by atoms with Crippen LogP contribution in [0.25, 0.3) is 10.6 Å². The number of carbonyl (C=O) groups is 1. The van der Waals surface area contributed by atoms with Gasteiger partial charge in [0.15, 0.2) is 0 Å². The third kappa shape index (κ3) is 5.02. The number of likely N-dealkylation sites (tertiary alicyclic amines) is 1. The van der Waals surface area contributed by atoms with Crippen LogP contribution in [-0.4, -0.2) is 54.7 Å². The molecule has 1 aliphatic rings. The van der Waals surface area contributed by atoms with Gasteiger partial charge in [-0.2, -0.15) is 9.71 Å². The molecule has 1 fully saturated rings. The summed E-state index contributed by atoms with van der Waals surface area (Å²) < 4.78 is 33.5. The van der Waals surface area contributed by atoms with E-state index in [1.165, 1.54) is 19.4 Å². The van der Waals surface area contributed by atoms with Crippen LogP contribution in [0.2, 0.25) is 0 Å². The Labute approximate surface area is 195 Å². The molecule has 172 valence electrons. The minimum Gasteiger partial charge on any atom is -0.467 e. The number of nitrogens with two attached hydrogens (primary N) is 1. The molecule has 1 aromatic carbocycles. The van der Waals surface area contributed by atoms with Gasteiger partial charge in [-0.3, -0.25) is 10.2 Å². The van der Waals surface area contributed by atoms with E-state index in [1.54, 1.807) is 35.2 Å². The highest BCUT2D eigenvalue weighted by atomic mass is 32.2. The lowest BCUT2D eigenvalue weighted by atomic mass is 10.1. The van der Waals surface area contributed by atoms with Gasteiger partial charge in [0.1, 0.15) is 16.1 Å². The van der Waals surface area contributed by atoms with Crippen molar-refractivity contribution in [2.45, 2.75) is 23.2 Å². The van der Waals surface area contributed by atoms with E-state index < -0.39 is 16.1 Å². The highest BCUT2D eigenvalue weighted by molar-refractivity contribution is 7.91. The Balaban J connectivity index is 1.44. The van der Waals surface area contributed by atoms with E-state index in [0.717, 1.165) is 16.9 Å². The molecule has 3 heterocycles. The first kappa shape index (κ1) is 22.8. The fourth-order valence-electron chi connectivity index (χ4n) is 3.49. The van der Waals surface area contributed by atoms with Gasteiger partial charge in [-0.05, 0) is 36.2 Å². The number of aromatic nitrogens is 2. The molecule has 12 heteroatoms. The van der Waals surface area contributed by atoms with E-state index in [-0.39, 0.29) is 22.0 Å². The highest BCUT2D eigenvalue weighted by Crippen LogP contribution is 2.30. The number of amides is 1. The summed E-state index contributed by atoms with van der Waals surface area (Å²) in [6, 6.07) is 11.2. The lowest BCUT2D eigenvalue weighted by Crippen LogP contribution is -2.41. The van der Waals surface area contributed by atoms with Crippen molar-refractivity contribution in [2.24, 2.45) is 5.73 Å². The molecule has 1 aliphatic heterocycles. The van der Waals surface area contributed by atoms with Gasteiger partial charge in [0, 0.05) is 24.8 Å². The van der Waals surface area contributed by atoms with Crippen molar-refractivity contribution in [3.63, 3.8) is 0 Å². The molecule has 0 unspecified atom stereocenters. The smallest absolute Gasteiger partial charge is 0.316 e. The Morgan fingerprint density at radius 3 is 2.91 bits per heavy atom. The van der Waals surface area contributed by atoms with Crippen molar-refractivity contribution in [1.82, 2.24) is 19.6 Å². The maximum atomic E-state index is 12.9. The number of rotatable bonds is 8. The molecule has 4 rings (SSSR count). The van der Waals surface area contributed by atoms with Crippen LogP contribution in [0.3, 0.4) is 0 Å². The van der Waals surface area contributed by atoms with Gasteiger partial charge in [0.2, 0.25) is 5.91 Å². The molecule has 0 bridgehead atoms. The second kappa shape index (κ2) is 9.25. The molecule has 10 nitrogen and oxygen atoms in total. The normalized spacial score (nSPS) is 16.2. The van der Waals surface area contributed by atoms with Crippen LogP contribution in [-0.2, 0) is 21.4 Å². The fourth-order valence-corrected chi connectivity index (χ4v) is 6.00. The number of thiophene rings is 1. The number of ether oxygens (including phenoxy) is 1. The average molecular weight is 487 g/mol. The van der Waals surface area contributed by atoms with Crippen molar-refractivity contribution in [3.05, 3.63) is 59.8 Å². The Hall–Kier alpha value is -3.35. The topological polar surface area (TPSA) is 151 Å². The summed E-state index contributed by atoms with van der Waals surface area (Å²) in [7, 11) is -2.44. The number of hydrogen-bond donors (Lipinski definition) is 3. The van der Waals surface area contributed by atoms with E-state index in [1.807, 2.05) is 6.07 Å². The molecule has 1 atom stereocenters. The van der Waals surface area contributed by atoms with Crippen LogP contribution in [0.15, 0.2) is 52.9 Å². The SMILES string of the molecule is COc1nccc(-c2ccc(S(=O)(=O)N[C@H]3CCN(Cc4cccc(C(=N)N)c4)C3=O)s2)n1. The predicted molar refractivity (Wildman–Crippen MR) is 123 cm³/mol. The monoisotopic (exact) mass is 486 g/mol. The summed E-state index contributed by atoms with van der Waals surface area (Å²) in [4.78, 5) is 23.2. The van der Waals surface area contributed by atoms with E-state index in [9.17, 15) is 13.2 Å². The minimum absolute atomic E-state index is 0.0500. The summed E-state index contributed by atoms with van der Waals surface area (Å²) in [5.74, 6) is -0.338. The lowest BCUT2D eigenvalue weighted by molar-refractivity contribution is -0.129. The molecule has 4 N–H and O–H groups in total. The van der Waals surface area contributed by atoms with Gasteiger partial charge in [0.25, 0.3) is 10.0 Å². The lowest BCUT2D eigenvalue weighted by Gasteiger charge is -2.17. The van der Waals surface area contributed by atoms with Gasteiger partial charge >= 0.3 is 6.01 Å². The number of carbonyl (C=O) groups excluding carboxylic acids is 1. The molecule has 0 spiro atoms. The number of nitrogens with one attached hydrogen (secondary N) is 2. The van der Waals surface area contributed by atoms with Crippen LogP contribution in [0, 0.1) is 5.41 Å². The van der Waals surface area contributed by atoms with E-state index in [2.05, 4.69) is 14.7 Å². The van der Waals surface area contributed by atoms with Crippen LogP contribution in [0.5, 0.6) is 6.01 Å². The van der Waals surface area contributed by atoms with Crippen molar-refractivity contribution in [3.8, 4) is 16.6 Å². The Bertz CT molecular complexity index is 1310. The minimum atomic E-state index is -3.89. The van der Waals surface area contributed by atoms with Crippen LogP contribution in [0.4, 0.5) is 0 Å². The number of methoxy groups -OCH3 is 1. The summed E-state index contributed by atoms with van der Waals surface area (Å²) in [5.41, 5.74) is 7.47. The standard InChI is InChI=1S/C21H22N6O4S2/c1-31-21-24-9-7-15(25-21)17-5-6-18(32-17)33(29,30)26-16-8-10-27(20(16)28)12-13-3-2-4-14(11-13)19(22)23/h2-7,9,11,16,26H,8,10,12H2,1H3,(H3,22,23)/t16-/m0/s1. The zero-order valence-electron chi connectivity index (χ0n) is 17.7. The number of hydrogen-bond acceptors (Lipinski definition) is 8. The van der Waals surface area contributed by atoms with Gasteiger partial charge in [-0.25, -0.2) is 13.4 Å². The summed E-state index contributed by atoms with van der Waals surface area (Å²) in [6.07, 6.45) is 1.90. The molecule has 0 radical (unpaired) electrons. The fraction of sp³-hybridized carbons (Fsp3) is 0.238. The third-order valence-electron chi connectivity index (χ3n) is 5.12. The van der Waals surface area contributed by atoms with Crippen molar-refractivity contribution in [1.29, 1.82) is 5.41 Å². The second-order valence-electron chi connectivity index (χ2n) is 7.38. The predicted octanol–water partition coefficient (Wildman–Crippen LogP) is 1.58. The maximum absolute atomic E-state index is 12.9. The molecule has 3 aromatic rings. The third-order valence-corrected chi connectivity index (χ3v) is 8.19. The quantitative estimate of drug-likeness (QED) is 0.323. The molecule has 0 saturated carbocycles. The first-order valence-corrected chi connectivity index (χ1v) is 12.3. The summed E-state index contributed by atoms with van der Waals surface area (Å²) in [6.45, 7) is 0.740. The molecule has 1 amide bonds. The highest BCUT2D eigenvalue weighted by Gasteiger charge is 2.35. The number of sulfonamides is 1. The maximum Gasteiger partial charge on any atom is 0.316 e. The number of benzene rings is 1. The number of amidine groups is 1. The Morgan fingerprint density at radius 2 is 2.15 bits per heavy atom. The zero-order chi connectivity index (χ0) is 23.6. The molecule has 0 aliphatic carbocycles. The van der Waals surface area contributed by atoms with Crippen molar-refractivity contribution in [2.75, 3.05) is 13.7 Å². The van der Waals surface area contributed by atoms with Gasteiger partial charge in [-0.1, -0.05) is 18.2 Å². The zero-order valence-corrected chi connectivity index (χ0v) is 19.3. The van der Waals surface area contributed by atoms with Gasteiger partial charge < -0.3 is 15.4 Å². The van der Waals surface area contributed by atoms with Crippen LogP contribution in [0.1, 0.15) is 17.5 Å². The van der Waals surface area contributed by atoms with Crippen molar-refractivity contribution >= 4 is 33.1 Å². The largest absolute Gasteiger partial charge is 0.467 e. The summed E-state index contributed by atoms with van der Waals surface area (Å²) in [5, 5.41) is 7.55. The van der Waals surface area contributed by atoms with Crippen LogP contribution < -0.4 is 15.2 Å². The molecular formula is C21H22N6O4S2. The Morgan fingerprint density at radius 1 is 1.33 bits per heavy atom. The van der Waals surface area contributed by atoms with Gasteiger partial charge in [0.05, 0.1) is 17.7 Å². The first-order chi connectivity index (χ1) is 15.8. The molecule has 33 heavy (non-hydrogen) atoms. The second-order valence-corrected chi connectivity index (χ2v) is 10.4. The Kier molecular flexibility index (Phi) is 6.40.